The predicted octanol–water partition coefficient (Wildman–Crippen LogP) is 1.50. The number of rotatable bonds is 5. The molecule has 0 fully saturated rings. The average Bonchev–Trinajstić information content (AvgIpc) is 2.45. The number of aromatic nitrogens is 2. The highest BCUT2D eigenvalue weighted by molar-refractivity contribution is 7.89. The first-order chi connectivity index (χ1) is 9.98. The standard InChI is InChI=1S/C14H14N4O2S/c1-21(19,20)10-12-4-2-11(3-5-12)9-18-14-13(8-15)16-6-7-17-14/h2-7H,9-10H2,1H3,(H,17,18). The van der Waals surface area contributed by atoms with Crippen LogP contribution < -0.4 is 5.32 Å². The second kappa shape index (κ2) is 6.33. The van der Waals surface area contributed by atoms with Crippen molar-refractivity contribution < 1.29 is 8.42 Å². The van der Waals surface area contributed by atoms with Gasteiger partial charge in [0.15, 0.2) is 21.3 Å². The third kappa shape index (κ3) is 4.54. The van der Waals surface area contributed by atoms with Crippen LogP contribution in [0.15, 0.2) is 36.7 Å². The number of benzene rings is 1. The minimum atomic E-state index is -3.02. The first-order valence-electron chi connectivity index (χ1n) is 6.18. The van der Waals surface area contributed by atoms with Gasteiger partial charge < -0.3 is 5.32 Å². The van der Waals surface area contributed by atoms with Crippen LogP contribution in [0, 0.1) is 11.3 Å². The van der Waals surface area contributed by atoms with Gasteiger partial charge in [-0.3, -0.25) is 0 Å². The summed E-state index contributed by atoms with van der Waals surface area (Å²) >= 11 is 0. The highest BCUT2D eigenvalue weighted by atomic mass is 32.2. The summed E-state index contributed by atoms with van der Waals surface area (Å²) in [6.45, 7) is 0.479. The summed E-state index contributed by atoms with van der Waals surface area (Å²) in [4.78, 5) is 7.97. The van der Waals surface area contributed by atoms with Gasteiger partial charge in [0.05, 0.1) is 5.75 Å². The normalized spacial score (nSPS) is 10.9. The van der Waals surface area contributed by atoms with Crippen molar-refractivity contribution in [2.45, 2.75) is 12.3 Å². The van der Waals surface area contributed by atoms with Gasteiger partial charge in [-0.15, -0.1) is 0 Å². The van der Waals surface area contributed by atoms with Crippen molar-refractivity contribution in [1.82, 2.24) is 9.97 Å². The zero-order chi connectivity index (χ0) is 15.3. The molecule has 1 aromatic heterocycles. The maximum Gasteiger partial charge on any atom is 0.182 e. The molecule has 0 spiro atoms. The summed E-state index contributed by atoms with van der Waals surface area (Å²) in [5, 5.41) is 11.9. The Hall–Kier alpha value is -2.46. The Kier molecular flexibility index (Phi) is 4.50. The number of hydrogen-bond donors (Lipinski definition) is 1. The molecule has 1 heterocycles. The molecule has 0 saturated carbocycles. The SMILES string of the molecule is CS(=O)(=O)Cc1ccc(CNc2nccnc2C#N)cc1. The number of nitriles is 1. The van der Waals surface area contributed by atoms with Crippen molar-refractivity contribution in [2.24, 2.45) is 0 Å². The Morgan fingerprint density at radius 1 is 1.14 bits per heavy atom. The van der Waals surface area contributed by atoms with Crippen LogP contribution in [0.4, 0.5) is 5.82 Å². The lowest BCUT2D eigenvalue weighted by Gasteiger charge is -2.07. The van der Waals surface area contributed by atoms with Crippen LogP contribution in [-0.4, -0.2) is 24.6 Å². The monoisotopic (exact) mass is 302 g/mol. The maximum absolute atomic E-state index is 11.2. The van der Waals surface area contributed by atoms with Gasteiger partial charge in [-0.2, -0.15) is 5.26 Å². The van der Waals surface area contributed by atoms with Crippen LogP contribution >= 0.6 is 0 Å². The summed E-state index contributed by atoms with van der Waals surface area (Å²) in [6, 6.07) is 9.21. The molecule has 0 aliphatic carbocycles. The third-order valence-electron chi connectivity index (χ3n) is 2.72. The molecule has 0 aliphatic rings. The maximum atomic E-state index is 11.2. The number of nitrogens with zero attached hydrogens (tertiary/aromatic N) is 3. The highest BCUT2D eigenvalue weighted by Crippen LogP contribution is 2.11. The molecule has 1 aromatic carbocycles. The smallest absolute Gasteiger partial charge is 0.182 e. The largest absolute Gasteiger partial charge is 0.364 e. The zero-order valence-electron chi connectivity index (χ0n) is 11.4. The summed E-state index contributed by atoms with van der Waals surface area (Å²) in [5.41, 5.74) is 1.95. The molecule has 0 bridgehead atoms. The van der Waals surface area contributed by atoms with E-state index >= 15 is 0 Å². The molecule has 0 amide bonds. The number of anilines is 1. The lowest BCUT2D eigenvalue weighted by atomic mass is 10.1. The van der Waals surface area contributed by atoms with Crippen molar-refractivity contribution in [3.8, 4) is 6.07 Å². The topological polar surface area (TPSA) is 95.7 Å². The van der Waals surface area contributed by atoms with Crippen molar-refractivity contribution in [2.75, 3.05) is 11.6 Å². The molecule has 0 unspecified atom stereocenters. The summed E-state index contributed by atoms with van der Waals surface area (Å²) in [7, 11) is -3.02. The Morgan fingerprint density at radius 3 is 2.38 bits per heavy atom. The van der Waals surface area contributed by atoms with Gasteiger partial charge in [0.2, 0.25) is 0 Å². The molecular weight excluding hydrogens is 288 g/mol. The number of hydrogen-bond acceptors (Lipinski definition) is 6. The van der Waals surface area contributed by atoms with Crippen molar-refractivity contribution in [1.29, 1.82) is 5.26 Å². The molecule has 6 nitrogen and oxygen atoms in total. The molecule has 108 valence electrons. The molecule has 7 heteroatoms. The average molecular weight is 302 g/mol. The molecule has 0 saturated heterocycles. The molecule has 21 heavy (non-hydrogen) atoms. The van der Waals surface area contributed by atoms with Gasteiger partial charge in [-0.1, -0.05) is 24.3 Å². The van der Waals surface area contributed by atoms with Crippen LogP contribution in [-0.2, 0) is 22.1 Å². The molecular formula is C14H14N4O2S. The molecule has 2 aromatic rings. The Balaban J connectivity index is 2.03. The minimum absolute atomic E-state index is 0.0312. The van der Waals surface area contributed by atoms with E-state index in [-0.39, 0.29) is 11.4 Å². The Bertz CT molecular complexity index is 764. The van der Waals surface area contributed by atoms with Gasteiger partial charge in [0.1, 0.15) is 6.07 Å². The molecule has 0 atom stereocenters. The van der Waals surface area contributed by atoms with Crippen LogP contribution in [0.1, 0.15) is 16.8 Å². The minimum Gasteiger partial charge on any atom is -0.364 e. The fourth-order valence-electron chi connectivity index (χ4n) is 1.79. The van der Waals surface area contributed by atoms with Crippen LogP contribution in [0.5, 0.6) is 0 Å². The first kappa shape index (κ1) is 14.9. The van der Waals surface area contributed by atoms with Gasteiger partial charge in [0, 0.05) is 25.2 Å². The van der Waals surface area contributed by atoms with E-state index in [0.29, 0.717) is 12.4 Å². The molecule has 2 rings (SSSR count). The van der Waals surface area contributed by atoms with E-state index in [9.17, 15) is 8.42 Å². The second-order valence-electron chi connectivity index (χ2n) is 4.61. The summed E-state index contributed by atoms with van der Waals surface area (Å²) < 4.78 is 22.4. The first-order valence-corrected chi connectivity index (χ1v) is 8.24. The summed E-state index contributed by atoms with van der Waals surface area (Å²) in [6.07, 6.45) is 4.18. The van der Waals surface area contributed by atoms with E-state index in [4.69, 9.17) is 5.26 Å². The van der Waals surface area contributed by atoms with Gasteiger partial charge in [0.25, 0.3) is 0 Å². The van der Waals surface area contributed by atoms with Crippen LogP contribution in [0.3, 0.4) is 0 Å². The van der Waals surface area contributed by atoms with Crippen molar-refractivity contribution >= 4 is 15.7 Å². The third-order valence-corrected chi connectivity index (χ3v) is 3.57. The van der Waals surface area contributed by atoms with E-state index in [1.54, 1.807) is 12.1 Å². The lowest BCUT2D eigenvalue weighted by Crippen LogP contribution is -2.05. The van der Waals surface area contributed by atoms with E-state index in [2.05, 4.69) is 15.3 Å². The van der Waals surface area contributed by atoms with E-state index in [1.807, 2.05) is 18.2 Å². The quantitative estimate of drug-likeness (QED) is 0.899. The zero-order valence-corrected chi connectivity index (χ0v) is 12.3. The van der Waals surface area contributed by atoms with Crippen molar-refractivity contribution in [3.05, 3.63) is 53.5 Å². The van der Waals surface area contributed by atoms with Gasteiger partial charge in [-0.25, -0.2) is 18.4 Å². The number of sulfone groups is 1. The van der Waals surface area contributed by atoms with Gasteiger partial charge >= 0.3 is 0 Å². The van der Waals surface area contributed by atoms with Crippen LogP contribution in [0.2, 0.25) is 0 Å². The fraction of sp³-hybridized carbons (Fsp3) is 0.214. The van der Waals surface area contributed by atoms with E-state index in [0.717, 1.165) is 11.1 Å². The van der Waals surface area contributed by atoms with E-state index < -0.39 is 9.84 Å². The predicted molar refractivity (Wildman–Crippen MR) is 79.1 cm³/mol. The highest BCUT2D eigenvalue weighted by Gasteiger charge is 2.05. The number of nitrogens with one attached hydrogen (secondary N) is 1. The Morgan fingerprint density at radius 2 is 1.76 bits per heavy atom. The second-order valence-corrected chi connectivity index (χ2v) is 6.75. The van der Waals surface area contributed by atoms with Crippen molar-refractivity contribution in [3.63, 3.8) is 0 Å². The Labute approximate surface area is 123 Å². The van der Waals surface area contributed by atoms with Gasteiger partial charge in [-0.05, 0) is 11.1 Å². The molecule has 0 aliphatic heterocycles. The molecule has 0 radical (unpaired) electrons. The molecule has 1 N–H and O–H groups in total. The van der Waals surface area contributed by atoms with Crippen LogP contribution in [0.25, 0.3) is 0 Å². The fourth-order valence-corrected chi connectivity index (χ4v) is 2.59. The van der Waals surface area contributed by atoms with E-state index in [1.165, 1.54) is 18.6 Å². The summed E-state index contributed by atoms with van der Waals surface area (Å²) in [5.74, 6) is 0.462. The lowest BCUT2D eigenvalue weighted by molar-refractivity contribution is 0.601.